The molecule has 1 fully saturated rings. The molecule has 1 aliphatic heterocycles. The van der Waals surface area contributed by atoms with Gasteiger partial charge >= 0.3 is 0 Å². The van der Waals surface area contributed by atoms with Crippen molar-refractivity contribution in [2.75, 3.05) is 26.2 Å². The van der Waals surface area contributed by atoms with E-state index in [0.717, 1.165) is 0 Å². The number of sulfonamides is 1. The summed E-state index contributed by atoms with van der Waals surface area (Å²) in [6.07, 6.45) is -0.337. The van der Waals surface area contributed by atoms with Crippen LogP contribution in [-0.4, -0.2) is 45.1 Å². The molecule has 0 aromatic heterocycles. The minimum atomic E-state index is -3.84. The van der Waals surface area contributed by atoms with Gasteiger partial charge in [-0.3, -0.25) is 0 Å². The van der Waals surface area contributed by atoms with Crippen molar-refractivity contribution < 1.29 is 17.5 Å². The topological polar surface area (TPSA) is 72.6 Å². The van der Waals surface area contributed by atoms with E-state index < -0.39 is 15.8 Å². The maximum Gasteiger partial charge on any atom is 0.246 e. The summed E-state index contributed by atoms with van der Waals surface area (Å²) >= 11 is 0. The SMILES string of the molecule is Cc1ccc(F)c(S(=O)(=O)N2CCO[C@@H](CN)C2)c1. The summed E-state index contributed by atoms with van der Waals surface area (Å²) in [5.74, 6) is -0.735. The van der Waals surface area contributed by atoms with E-state index in [0.29, 0.717) is 5.56 Å². The molecule has 106 valence electrons. The highest BCUT2D eigenvalue weighted by molar-refractivity contribution is 7.89. The van der Waals surface area contributed by atoms with Crippen molar-refractivity contribution in [3.05, 3.63) is 29.6 Å². The number of benzene rings is 1. The lowest BCUT2D eigenvalue weighted by molar-refractivity contribution is 0.00445. The number of halogens is 1. The molecular weight excluding hydrogens is 271 g/mol. The molecule has 0 unspecified atom stereocenters. The molecule has 5 nitrogen and oxygen atoms in total. The molecule has 1 aliphatic rings. The van der Waals surface area contributed by atoms with Crippen molar-refractivity contribution in [1.82, 2.24) is 4.31 Å². The van der Waals surface area contributed by atoms with Crippen LogP contribution in [0.15, 0.2) is 23.1 Å². The number of morpholine rings is 1. The Balaban J connectivity index is 2.34. The van der Waals surface area contributed by atoms with Gasteiger partial charge in [0.25, 0.3) is 0 Å². The van der Waals surface area contributed by atoms with Crippen molar-refractivity contribution in [2.24, 2.45) is 5.73 Å². The zero-order valence-electron chi connectivity index (χ0n) is 10.7. The van der Waals surface area contributed by atoms with E-state index in [1.807, 2.05) is 0 Å². The predicted molar refractivity (Wildman–Crippen MR) is 68.7 cm³/mol. The summed E-state index contributed by atoms with van der Waals surface area (Å²) in [4.78, 5) is -0.287. The van der Waals surface area contributed by atoms with E-state index in [1.54, 1.807) is 6.92 Å². The third-order valence-electron chi connectivity index (χ3n) is 3.07. The highest BCUT2D eigenvalue weighted by Crippen LogP contribution is 2.22. The Morgan fingerprint density at radius 3 is 2.95 bits per heavy atom. The molecule has 0 radical (unpaired) electrons. The number of ether oxygens (including phenoxy) is 1. The van der Waals surface area contributed by atoms with Gasteiger partial charge in [0.1, 0.15) is 10.7 Å². The molecule has 1 saturated heterocycles. The van der Waals surface area contributed by atoms with Crippen LogP contribution in [0, 0.1) is 12.7 Å². The van der Waals surface area contributed by atoms with Gasteiger partial charge in [0.15, 0.2) is 0 Å². The van der Waals surface area contributed by atoms with Crippen LogP contribution in [0.1, 0.15) is 5.56 Å². The van der Waals surface area contributed by atoms with Crippen molar-refractivity contribution in [3.63, 3.8) is 0 Å². The molecule has 1 atom stereocenters. The fourth-order valence-corrected chi connectivity index (χ4v) is 3.61. The van der Waals surface area contributed by atoms with Crippen molar-refractivity contribution in [3.8, 4) is 0 Å². The highest BCUT2D eigenvalue weighted by Gasteiger charge is 2.32. The van der Waals surface area contributed by atoms with E-state index in [9.17, 15) is 12.8 Å². The van der Waals surface area contributed by atoms with E-state index in [4.69, 9.17) is 10.5 Å². The first kappa shape index (κ1) is 14.4. The second kappa shape index (κ2) is 5.54. The summed E-state index contributed by atoms with van der Waals surface area (Å²) in [7, 11) is -3.84. The van der Waals surface area contributed by atoms with Crippen LogP contribution in [0.3, 0.4) is 0 Å². The number of nitrogens with zero attached hydrogens (tertiary/aromatic N) is 1. The molecule has 0 saturated carbocycles. The number of hydrogen-bond acceptors (Lipinski definition) is 4. The molecule has 0 amide bonds. The number of aryl methyl sites for hydroxylation is 1. The lowest BCUT2D eigenvalue weighted by atomic mass is 10.2. The van der Waals surface area contributed by atoms with Gasteiger partial charge in [-0.1, -0.05) is 6.07 Å². The zero-order chi connectivity index (χ0) is 14.0. The molecule has 2 rings (SSSR count). The van der Waals surface area contributed by atoms with Gasteiger partial charge in [-0.15, -0.1) is 0 Å². The average Bonchev–Trinajstić information content (AvgIpc) is 2.41. The number of hydrogen-bond donors (Lipinski definition) is 1. The summed E-state index contributed by atoms with van der Waals surface area (Å²) in [5.41, 5.74) is 6.18. The quantitative estimate of drug-likeness (QED) is 0.878. The normalized spacial score (nSPS) is 21.5. The Morgan fingerprint density at radius 2 is 2.26 bits per heavy atom. The van der Waals surface area contributed by atoms with Gasteiger partial charge in [-0.25, -0.2) is 12.8 Å². The molecular formula is C12H17FN2O3S. The van der Waals surface area contributed by atoms with E-state index in [2.05, 4.69) is 0 Å². The summed E-state index contributed by atoms with van der Waals surface area (Å²) in [6, 6.07) is 4.05. The molecule has 0 spiro atoms. The Morgan fingerprint density at radius 1 is 1.53 bits per heavy atom. The second-order valence-corrected chi connectivity index (χ2v) is 6.43. The Hall–Kier alpha value is -1.02. The van der Waals surface area contributed by atoms with Gasteiger partial charge in [0, 0.05) is 19.6 Å². The molecule has 2 N–H and O–H groups in total. The lowest BCUT2D eigenvalue weighted by Crippen LogP contribution is -2.48. The van der Waals surface area contributed by atoms with Crippen LogP contribution < -0.4 is 5.73 Å². The number of rotatable bonds is 3. The minimum absolute atomic E-state index is 0.159. The van der Waals surface area contributed by atoms with Crippen LogP contribution in [0.2, 0.25) is 0 Å². The smallest absolute Gasteiger partial charge is 0.246 e. The molecule has 1 heterocycles. The Labute approximate surface area is 112 Å². The highest BCUT2D eigenvalue weighted by atomic mass is 32.2. The number of nitrogens with two attached hydrogens (primary N) is 1. The van der Waals surface area contributed by atoms with Crippen LogP contribution in [0.25, 0.3) is 0 Å². The maximum atomic E-state index is 13.7. The first-order valence-corrected chi connectivity index (χ1v) is 7.47. The summed E-state index contributed by atoms with van der Waals surface area (Å²) in [5, 5.41) is 0. The van der Waals surface area contributed by atoms with Gasteiger partial charge < -0.3 is 10.5 Å². The first-order valence-electron chi connectivity index (χ1n) is 6.03. The van der Waals surface area contributed by atoms with E-state index in [-0.39, 0.29) is 37.2 Å². The minimum Gasteiger partial charge on any atom is -0.374 e. The maximum absolute atomic E-state index is 13.7. The lowest BCUT2D eigenvalue weighted by Gasteiger charge is -2.31. The van der Waals surface area contributed by atoms with Crippen molar-refractivity contribution in [2.45, 2.75) is 17.9 Å². The van der Waals surface area contributed by atoms with Crippen molar-refractivity contribution in [1.29, 1.82) is 0 Å². The van der Waals surface area contributed by atoms with Crippen LogP contribution in [0.4, 0.5) is 4.39 Å². The Kier molecular flexibility index (Phi) is 4.19. The Bertz CT molecular complexity index is 562. The van der Waals surface area contributed by atoms with Gasteiger partial charge in [-0.2, -0.15) is 4.31 Å². The largest absolute Gasteiger partial charge is 0.374 e. The van der Waals surface area contributed by atoms with E-state index >= 15 is 0 Å². The van der Waals surface area contributed by atoms with Gasteiger partial charge in [0.2, 0.25) is 10.0 Å². The first-order chi connectivity index (χ1) is 8.95. The molecule has 1 aromatic carbocycles. The molecule has 0 bridgehead atoms. The van der Waals surface area contributed by atoms with Gasteiger partial charge in [0.05, 0.1) is 12.7 Å². The fourth-order valence-electron chi connectivity index (χ4n) is 2.00. The molecule has 0 aliphatic carbocycles. The summed E-state index contributed by atoms with van der Waals surface area (Å²) < 4.78 is 45.1. The third kappa shape index (κ3) is 2.94. The molecule has 19 heavy (non-hydrogen) atoms. The fraction of sp³-hybridized carbons (Fsp3) is 0.500. The van der Waals surface area contributed by atoms with E-state index in [1.165, 1.54) is 22.5 Å². The van der Waals surface area contributed by atoms with Crippen LogP contribution in [-0.2, 0) is 14.8 Å². The average molecular weight is 288 g/mol. The monoisotopic (exact) mass is 288 g/mol. The van der Waals surface area contributed by atoms with Crippen LogP contribution in [0.5, 0.6) is 0 Å². The standard InChI is InChI=1S/C12H17FN2O3S/c1-9-2-3-11(13)12(6-9)19(16,17)15-4-5-18-10(7-14)8-15/h2-3,6,10H,4-5,7-8,14H2,1H3/t10-/m0/s1. The second-order valence-electron chi connectivity index (χ2n) is 4.53. The molecule has 7 heteroatoms. The third-order valence-corrected chi connectivity index (χ3v) is 4.95. The van der Waals surface area contributed by atoms with Gasteiger partial charge in [-0.05, 0) is 24.6 Å². The zero-order valence-corrected chi connectivity index (χ0v) is 11.5. The predicted octanol–water partition coefficient (Wildman–Crippen LogP) is 0.482. The van der Waals surface area contributed by atoms with Crippen molar-refractivity contribution >= 4 is 10.0 Å². The molecule has 1 aromatic rings. The van der Waals surface area contributed by atoms with Crippen LogP contribution >= 0.6 is 0 Å². The summed E-state index contributed by atoms with van der Waals surface area (Å²) in [6.45, 7) is 2.61.